The molecule has 2 aromatic carbocycles. The number of sulfonamides is 1. The van der Waals surface area contributed by atoms with Crippen LogP contribution in [0, 0.1) is 5.41 Å². The second-order valence-electron chi connectivity index (χ2n) is 6.99. The van der Waals surface area contributed by atoms with Crippen LogP contribution in [0.2, 0.25) is 0 Å². The van der Waals surface area contributed by atoms with Crippen molar-refractivity contribution in [2.75, 3.05) is 10.7 Å². The van der Waals surface area contributed by atoms with E-state index in [0.29, 0.717) is 11.4 Å². The van der Waals surface area contributed by atoms with Crippen LogP contribution in [0.25, 0.3) is 0 Å². The third-order valence-corrected chi connectivity index (χ3v) is 4.99. The van der Waals surface area contributed by atoms with Crippen LogP contribution in [0.15, 0.2) is 64.1 Å². The zero-order valence-corrected chi connectivity index (χ0v) is 18.0. The fraction of sp³-hybridized carbons (Fsp3) is 0.263. The van der Waals surface area contributed by atoms with Crippen LogP contribution in [-0.4, -0.2) is 26.3 Å². The molecule has 0 spiro atoms. The first-order valence-electron chi connectivity index (χ1n) is 8.19. The lowest BCUT2D eigenvalue weighted by molar-refractivity contribution is -0.119. The first kappa shape index (κ1) is 21.1. The fourth-order valence-electron chi connectivity index (χ4n) is 2.12. The topological polar surface area (TPSA) is 78.8 Å². The van der Waals surface area contributed by atoms with E-state index < -0.39 is 15.4 Å². The smallest absolute Gasteiger partial charge is 0.249 e. The van der Waals surface area contributed by atoms with E-state index in [2.05, 4.69) is 26.3 Å². The Morgan fingerprint density at radius 1 is 1.04 bits per heavy atom. The SMILES string of the molecule is CC(C)(C)C(=O)C(=Nc1ccc(Br)cc1)NN(c1ccccc1)S(C)(=O)=O. The van der Waals surface area contributed by atoms with Crippen LogP contribution < -0.4 is 9.84 Å². The molecule has 0 fully saturated rings. The molecule has 0 aliphatic rings. The first-order valence-corrected chi connectivity index (χ1v) is 10.8. The minimum absolute atomic E-state index is 0.0564. The maximum atomic E-state index is 12.9. The number of halogens is 1. The number of anilines is 1. The van der Waals surface area contributed by atoms with Crippen molar-refractivity contribution in [1.82, 2.24) is 5.43 Å². The standard InChI is InChI=1S/C19H22BrN3O3S/c1-19(2,3)17(24)18(21-15-12-10-14(20)11-13-15)22-23(27(4,25)26)16-8-6-5-7-9-16/h5-13H,1-4H3,(H,21,22). The molecule has 0 atom stereocenters. The highest BCUT2D eigenvalue weighted by Gasteiger charge is 2.30. The van der Waals surface area contributed by atoms with Crippen LogP contribution in [0.1, 0.15) is 20.8 Å². The second-order valence-corrected chi connectivity index (χ2v) is 9.74. The van der Waals surface area contributed by atoms with E-state index >= 15 is 0 Å². The van der Waals surface area contributed by atoms with Crippen molar-refractivity contribution in [2.24, 2.45) is 10.4 Å². The molecule has 1 N–H and O–H groups in total. The van der Waals surface area contributed by atoms with E-state index in [1.807, 2.05) is 0 Å². The minimum Gasteiger partial charge on any atom is -0.290 e. The predicted octanol–water partition coefficient (Wildman–Crippen LogP) is 4.07. The number of para-hydroxylation sites is 1. The number of Topliss-reactive ketones (excluding diaryl/α,β-unsaturated/α-hetero) is 1. The number of nitrogens with one attached hydrogen (secondary N) is 1. The summed E-state index contributed by atoms with van der Waals surface area (Å²) in [6.45, 7) is 5.25. The second kappa shape index (κ2) is 8.22. The fourth-order valence-corrected chi connectivity index (χ4v) is 3.15. The third-order valence-electron chi connectivity index (χ3n) is 3.49. The highest BCUT2D eigenvalue weighted by molar-refractivity contribution is 9.10. The lowest BCUT2D eigenvalue weighted by atomic mass is 9.90. The molecule has 0 aromatic heterocycles. The number of nitrogens with zero attached hydrogens (tertiary/aromatic N) is 2. The zero-order valence-electron chi connectivity index (χ0n) is 15.6. The van der Waals surface area contributed by atoms with E-state index in [0.717, 1.165) is 15.1 Å². The molecule has 2 rings (SSSR count). The molecule has 0 aliphatic carbocycles. The number of ketones is 1. The molecule has 2 aromatic rings. The van der Waals surface area contributed by atoms with Gasteiger partial charge >= 0.3 is 0 Å². The molecule has 27 heavy (non-hydrogen) atoms. The molecule has 0 aliphatic heterocycles. The summed E-state index contributed by atoms with van der Waals surface area (Å²) in [4.78, 5) is 17.3. The summed E-state index contributed by atoms with van der Waals surface area (Å²) < 4.78 is 26.5. The summed E-state index contributed by atoms with van der Waals surface area (Å²) in [5.74, 6) is -0.367. The highest BCUT2D eigenvalue weighted by Crippen LogP contribution is 2.21. The van der Waals surface area contributed by atoms with Gasteiger partial charge in [0, 0.05) is 9.89 Å². The Balaban J connectivity index is 2.52. The van der Waals surface area contributed by atoms with Crippen LogP contribution in [0.3, 0.4) is 0 Å². The molecule has 0 saturated heterocycles. The lowest BCUT2D eigenvalue weighted by Gasteiger charge is -2.26. The van der Waals surface area contributed by atoms with Crippen molar-refractivity contribution in [3.63, 3.8) is 0 Å². The number of hydrogen-bond acceptors (Lipinski definition) is 4. The number of hydrogen-bond donors (Lipinski definition) is 1. The van der Waals surface area contributed by atoms with Crippen LogP contribution in [0.5, 0.6) is 0 Å². The van der Waals surface area contributed by atoms with Gasteiger partial charge in [0.05, 0.1) is 17.6 Å². The van der Waals surface area contributed by atoms with Gasteiger partial charge in [-0.15, -0.1) is 0 Å². The van der Waals surface area contributed by atoms with Gasteiger partial charge in [-0.25, -0.2) is 13.4 Å². The molecule has 0 amide bonds. The Morgan fingerprint density at radius 2 is 1.59 bits per heavy atom. The summed E-state index contributed by atoms with van der Waals surface area (Å²) in [6, 6.07) is 15.5. The average molecular weight is 452 g/mol. The van der Waals surface area contributed by atoms with Crippen molar-refractivity contribution in [2.45, 2.75) is 20.8 Å². The van der Waals surface area contributed by atoms with Crippen molar-refractivity contribution < 1.29 is 13.2 Å². The summed E-state index contributed by atoms with van der Waals surface area (Å²) in [5.41, 5.74) is 2.87. The Labute approximate surface area is 168 Å². The average Bonchev–Trinajstić information content (AvgIpc) is 2.58. The summed E-state index contributed by atoms with van der Waals surface area (Å²) in [6.07, 6.45) is 1.06. The number of rotatable bonds is 5. The first-order chi connectivity index (χ1) is 12.5. The number of carbonyl (C=O) groups is 1. The Bertz CT molecular complexity index is 934. The van der Waals surface area contributed by atoms with Crippen LogP contribution in [0.4, 0.5) is 11.4 Å². The van der Waals surface area contributed by atoms with Crippen molar-refractivity contribution in [3.8, 4) is 0 Å². The van der Waals surface area contributed by atoms with Gasteiger partial charge in [0.25, 0.3) is 0 Å². The van der Waals surface area contributed by atoms with E-state index in [1.54, 1.807) is 75.4 Å². The zero-order chi connectivity index (χ0) is 20.2. The number of carbonyl (C=O) groups excluding carboxylic acids is 1. The molecule has 8 heteroatoms. The number of amidine groups is 1. The van der Waals surface area contributed by atoms with Gasteiger partial charge in [-0.3, -0.25) is 10.2 Å². The van der Waals surface area contributed by atoms with E-state index in [9.17, 15) is 13.2 Å². The predicted molar refractivity (Wildman–Crippen MR) is 113 cm³/mol. The van der Waals surface area contributed by atoms with E-state index in [-0.39, 0.29) is 11.6 Å². The van der Waals surface area contributed by atoms with Crippen LogP contribution in [-0.2, 0) is 14.8 Å². The Hall–Kier alpha value is -2.19. The van der Waals surface area contributed by atoms with Gasteiger partial charge in [-0.1, -0.05) is 54.9 Å². The van der Waals surface area contributed by atoms with Gasteiger partial charge in [-0.05, 0) is 36.4 Å². The normalized spacial score (nSPS) is 12.6. The minimum atomic E-state index is -3.71. The Kier molecular flexibility index (Phi) is 6.43. The van der Waals surface area contributed by atoms with Crippen molar-refractivity contribution in [1.29, 1.82) is 0 Å². The summed E-state index contributed by atoms with van der Waals surface area (Å²) in [5, 5.41) is 0. The molecule has 6 nitrogen and oxygen atoms in total. The van der Waals surface area contributed by atoms with Crippen molar-refractivity contribution in [3.05, 3.63) is 59.1 Å². The number of hydrazine groups is 1. The third kappa shape index (κ3) is 5.90. The highest BCUT2D eigenvalue weighted by atomic mass is 79.9. The van der Waals surface area contributed by atoms with Gasteiger partial charge in [0.1, 0.15) is 0 Å². The number of aliphatic imine (C=N–C) groups is 1. The largest absolute Gasteiger partial charge is 0.290 e. The number of benzene rings is 2. The van der Waals surface area contributed by atoms with Gasteiger partial charge in [0.15, 0.2) is 5.84 Å². The molecule has 144 valence electrons. The molecule has 0 unspecified atom stereocenters. The Morgan fingerprint density at radius 3 is 2.07 bits per heavy atom. The van der Waals surface area contributed by atoms with Gasteiger partial charge < -0.3 is 0 Å². The van der Waals surface area contributed by atoms with E-state index in [1.165, 1.54) is 0 Å². The molecule has 0 radical (unpaired) electrons. The lowest BCUT2D eigenvalue weighted by Crippen LogP contribution is -2.50. The molecule has 0 saturated carbocycles. The van der Waals surface area contributed by atoms with Gasteiger partial charge in [0.2, 0.25) is 15.8 Å². The maximum absolute atomic E-state index is 12.9. The van der Waals surface area contributed by atoms with E-state index in [4.69, 9.17) is 0 Å². The summed E-state index contributed by atoms with van der Waals surface area (Å²) >= 11 is 3.35. The van der Waals surface area contributed by atoms with Crippen molar-refractivity contribution >= 4 is 48.9 Å². The molecule has 0 bridgehead atoms. The van der Waals surface area contributed by atoms with Crippen LogP contribution >= 0.6 is 15.9 Å². The van der Waals surface area contributed by atoms with Gasteiger partial charge in [-0.2, -0.15) is 4.41 Å². The maximum Gasteiger partial charge on any atom is 0.249 e. The monoisotopic (exact) mass is 451 g/mol. The molecular weight excluding hydrogens is 430 g/mol. The summed E-state index contributed by atoms with van der Waals surface area (Å²) in [7, 11) is -3.71. The quantitative estimate of drug-likeness (QED) is 0.422. The molecule has 0 heterocycles. The molecular formula is C19H22BrN3O3S.